The van der Waals surface area contributed by atoms with E-state index in [1.54, 1.807) is 12.1 Å². The lowest BCUT2D eigenvalue weighted by Gasteiger charge is -2.44. The molecule has 10 nitrogen and oxygen atoms in total. The van der Waals surface area contributed by atoms with Crippen LogP contribution in [0.5, 0.6) is 5.75 Å². The van der Waals surface area contributed by atoms with Gasteiger partial charge < -0.3 is 9.64 Å². The van der Waals surface area contributed by atoms with E-state index in [4.69, 9.17) is 27.9 Å². The number of piperazine rings is 1. The van der Waals surface area contributed by atoms with Crippen LogP contribution in [0.3, 0.4) is 0 Å². The highest BCUT2D eigenvalue weighted by Crippen LogP contribution is 2.48. The van der Waals surface area contributed by atoms with Crippen molar-refractivity contribution in [1.82, 2.24) is 24.8 Å². The zero-order valence-corrected chi connectivity index (χ0v) is 28.0. The summed E-state index contributed by atoms with van der Waals surface area (Å²) in [4.78, 5) is 30.6. The Morgan fingerprint density at radius 3 is 2.54 bits per heavy atom. The summed E-state index contributed by atoms with van der Waals surface area (Å²) in [5.74, 6) is 0.611. The second kappa shape index (κ2) is 12.3. The first-order valence-corrected chi connectivity index (χ1v) is 17.0. The van der Waals surface area contributed by atoms with Crippen molar-refractivity contribution >= 4 is 46.4 Å². The highest BCUT2D eigenvalue weighted by atomic mass is 35.5. The number of ether oxygens (including phenoxy) is 1. The fraction of sp³-hybridized carbons (Fsp3) is 0.500. The molecule has 3 aliphatic heterocycles. The first-order valence-electron chi connectivity index (χ1n) is 16.2. The van der Waals surface area contributed by atoms with Crippen LogP contribution in [0.25, 0.3) is 0 Å². The topological polar surface area (TPSA) is 96.2 Å². The molecule has 0 radical (unpaired) electrons. The number of carbonyl (C=O) groups is 2. The van der Waals surface area contributed by atoms with Crippen LogP contribution in [-0.2, 0) is 16.1 Å². The molecule has 1 saturated carbocycles. The molecule has 242 valence electrons. The summed E-state index contributed by atoms with van der Waals surface area (Å²) < 4.78 is 8.55. The molecule has 1 saturated heterocycles. The van der Waals surface area contributed by atoms with Gasteiger partial charge in [-0.05, 0) is 82.3 Å². The van der Waals surface area contributed by atoms with Gasteiger partial charge >= 0.3 is 0 Å². The highest BCUT2D eigenvalue weighted by molar-refractivity contribution is 6.40. The van der Waals surface area contributed by atoms with E-state index in [9.17, 15) is 9.59 Å². The minimum atomic E-state index is -0.163. The molecular formula is C34H39Cl2N7O3. The number of halogens is 2. The van der Waals surface area contributed by atoms with Crippen molar-refractivity contribution in [3.8, 4) is 5.75 Å². The first-order chi connectivity index (χ1) is 22.1. The Hall–Kier alpha value is -3.47. The molecule has 3 aromatic rings. The number of fused-ring (bicyclic) bond motifs is 1. The molecule has 7 rings (SSSR count). The molecule has 2 aromatic carbocycles. The van der Waals surface area contributed by atoms with Crippen molar-refractivity contribution in [2.75, 3.05) is 18.1 Å². The van der Waals surface area contributed by atoms with Crippen molar-refractivity contribution in [2.24, 2.45) is 5.10 Å². The monoisotopic (exact) mass is 663 g/mol. The van der Waals surface area contributed by atoms with Crippen LogP contribution in [0.1, 0.15) is 81.7 Å². The summed E-state index contributed by atoms with van der Waals surface area (Å²) in [5, 5.41) is 16.3. The van der Waals surface area contributed by atoms with Gasteiger partial charge in [0.05, 0.1) is 23.6 Å². The van der Waals surface area contributed by atoms with E-state index < -0.39 is 0 Å². The molecule has 0 unspecified atom stereocenters. The van der Waals surface area contributed by atoms with Gasteiger partial charge in [-0.2, -0.15) is 5.10 Å². The third-order valence-electron chi connectivity index (χ3n) is 10.0. The molecule has 12 heteroatoms. The molecule has 1 spiro atoms. The van der Waals surface area contributed by atoms with Gasteiger partial charge in [-0.25, -0.2) is 9.69 Å². The molecule has 4 aliphatic rings. The molecule has 1 aromatic heterocycles. The molecule has 2 fully saturated rings. The average Bonchev–Trinajstić information content (AvgIpc) is 3.70. The first kappa shape index (κ1) is 31.1. The predicted octanol–water partition coefficient (Wildman–Crippen LogP) is 6.18. The van der Waals surface area contributed by atoms with Crippen molar-refractivity contribution in [3.05, 3.63) is 69.5 Å². The highest BCUT2D eigenvalue weighted by Gasteiger charge is 2.44. The van der Waals surface area contributed by atoms with Gasteiger partial charge in [0, 0.05) is 66.6 Å². The predicted molar refractivity (Wildman–Crippen MR) is 177 cm³/mol. The van der Waals surface area contributed by atoms with Crippen LogP contribution in [0.15, 0.2) is 47.7 Å². The Labute approximate surface area is 279 Å². The molecule has 46 heavy (non-hydrogen) atoms. The van der Waals surface area contributed by atoms with Gasteiger partial charge in [0.2, 0.25) is 5.91 Å². The van der Waals surface area contributed by atoms with Crippen LogP contribution in [0.4, 0.5) is 5.69 Å². The molecule has 0 N–H and O–H groups in total. The lowest BCUT2D eigenvalue weighted by atomic mass is 9.86. The number of carbonyl (C=O) groups excluding carboxylic acids is 2. The van der Waals surface area contributed by atoms with Gasteiger partial charge in [0.1, 0.15) is 17.1 Å². The van der Waals surface area contributed by atoms with Gasteiger partial charge in [-0.1, -0.05) is 34.5 Å². The van der Waals surface area contributed by atoms with E-state index in [1.165, 1.54) is 17.9 Å². The van der Waals surface area contributed by atoms with Crippen LogP contribution >= 0.6 is 23.2 Å². The van der Waals surface area contributed by atoms with Gasteiger partial charge in [-0.3, -0.25) is 14.5 Å². The van der Waals surface area contributed by atoms with E-state index in [-0.39, 0.29) is 42.0 Å². The van der Waals surface area contributed by atoms with Gasteiger partial charge in [-0.15, -0.1) is 5.10 Å². The van der Waals surface area contributed by atoms with Crippen molar-refractivity contribution in [1.29, 1.82) is 0 Å². The third kappa shape index (κ3) is 5.91. The standard InChI is InChI=1S/C34H39Cl2N7O3/c1-21-6-8-26(15-28(21)36)43-32(44)11-9-29(38-43)33(45)40-17-22(2)41(23(3)18-40)19-25-20-42(39-37-25)30-16-34(12-4-5-13-34)46-31-10-7-24(35)14-27(30)31/h6-8,10,14-15,20,22-23,30H,4-5,9,11-13,16-19H2,1-3H3/t22-,23+,30-/m1/s1. The van der Waals surface area contributed by atoms with Crippen LogP contribution in [-0.4, -0.2) is 73.1 Å². The SMILES string of the molecule is Cc1ccc(N2N=C(C(=O)N3C[C@@H](C)N(Cc4cn([C@@H]5CC6(CCCC6)Oc6ccc(Cl)cc65)nn4)[C@@H](C)C3)CCC2=O)cc1Cl. The van der Waals surface area contributed by atoms with E-state index in [2.05, 4.69) is 40.4 Å². The fourth-order valence-corrected chi connectivity index (χ4v) is 7.89. The number of hydrogen-bond acceptors (Lipinski definition) is 7. The summed E-state index contributed by atoms with van der Waals surface area (Å²) in [7, 11) is 0. The molecular weight excluding hydrogens is 625 g/mol. The van der Waals surface area contributed by atoms with E-state index >= 15 is 0 Å². The van der Waals surface area contributed by atoms with E-state index in [0.29, 0.717) is 47.5 Å². The van der Waals surface area contributed by atoms with Crippen molar-refractivity contribution < 1.29 is 14.3 Å². The molecule has 3 atom stereocenters. The molecule has 1 aliphatic carbocycles. The zero-order chi connectivity index (χ0) is 32.2. The lowest BCUT2D eigenvalue weighted by molar-refractivity contribution is -0.128. The maximum absolute atomic E-state index is 13.7. The van der Waals surface area contributed by atoms with Crippen molar-refractivity contribution in [3.63, 3.8) is 0 Å². The quantitative estimate of drug-likeness (QED) is 0.323. The number of aromatic nitrogens is 3. The number of hydrazone groups is 1. The number of aryl methyl sites for hydroxylation is 1. The Balaban J connectivity index is 1.04. The second-order valence-electron chi connectivity index (χ2n) is 13.4. The van der Waals surface area contributed by atoms with Crippen LogP contribution in [0.2, 0.25) is 10.0 Å². The Morgan fingerprint density at radius 2 is 1.80 bits per heavy atom. The normalized spacial score (nSPS) is 24.6. The Kier molecular flexibility index (Phi) is 8.32. The van der Waals surface area contributed by atoms with Gasteiger partial charge in [0.25, 0.3) is 5.91 Å². The smallest absolute Gasteiger partial charge is 0.270 e. The summed E-state index contributed by atoms with van der Waals surface area (Å²) in [5.41, 5.74) is 3.64. The van der Waals surface area contributed by atoms with E-state index in [0.717, 1.165) is 41.8 Å². The van der Waals surface area contributed by atoms with Gasteiger partial charge in [0.15, 0.2) is 0 Å². The largest absolute Gasteiger partial charge is 0.487 e. The number of anilines is 1. The lowest BCUT2D eigenvalue weighted by Crippen LogP contribution is -2.59. The average molecular weight is 665 g/mol. The molecule has 2 amide bonds. The Morgan fingerprint density at radius 1 is 1.04 bits per heavy atom. The number of nitrogens with zero attached hydrogens (tertiary/aromatic N) is 7. The maximum Gasteiger partial charge on any atom is 0.270 e. The Bertz CT molecular complexity index is 1690. The van der Waals surface area contributed by atoms with Crippen molar-refractivity contribution in [2.45, 2.75) is 96.0 Å². The summed E-state index contributed by atoms with van der Waals surface area (Å²) in [6, 6.07) is 11.4. The van der Waals surface area contributed by atoms with Crippen LogP contribution in [0, 0.1) is 6.92 Å². The summed E-state index contributed by atoms with van der Waals surface area (Å²) in [6.07, 6.45) is 7.89. The van der Waals surface area contributed by atoms with Crippen LogP contribution < -0.4 is 9.75 Å². The second-order valence-corrected chi connectivity index (χ2v) is 14.2. The number of benzene rings is 2. The fourth-order valence-electron chi connectivity index (χ4n) is 7.54. The number of rotatable bonds is 5. The summed E-state index contributed by atoms with van der Waals surface area (Å²) >= 11 is 12.7. The number of hydrogen-bond donors (Lipinski definition) is 0. The number of amides is 2. The zero-order valence-electron chi connectivity index (χ0n) is 26.5. The maximum atomic E-state index is 13.7. The minimum absolute atomic E-state index is 0.00441. The third-order valence-corrected chi connectivity index (χ3v) is 10.7. The minimum Gasteiger partial charge on any atom is -0.487 e. The molecule has 4 heterocycles. The van der Waals surface area contributed by atoms with E-state index in [1.807, 2.05) is 40.8 Å². The molecule has 0 bridgehead atoms. The summed E-state index contributed by atoms with van der Waals surface area (Å²) in [6.45, 7) is 7.89.